The maximum atomic E-state index is 13.2. The largest absolute Gasteiger partial charge is 0.495 e. The van der Waals surface area contributed by atoms with Crippen molar-refractivity contribution in [3.05, 3.63) is 89.2 Å². The van der Waals surface area contributed by atoms with E-state index < -0.39 is 22.9 Å². The third kappa shape index (κ3) is 3.36. The lowest BCUT2D eigenvalue weighted by atomic mass is 9.71. The SMILES string of the molecule is CO.COc1cncc2c1C1(O)CCC(c3ccccc3)C1(c1ccc(C(F)(F)F)cc1)O2. The average Bonchev–Trinajstić information content (AvgIpc) is 3.27. The van der Waals surface area contributed by atoms with Crippen molar-refractivity contribution in [1.29, 1.82) is 0 Å². The van der Waals surface area contributed by atoms with Crippen molar-refractivity contribution in [2.75, 3.05) is 14.2 Å². The molecule has 5 rings (SSSR count). The molecule has 0 amide bonds. The molecule has 1 aliphatic carbocycles. The van der Waals surface area contributed by atoms with Gasteiger partial charge in [0.05, 0.1) is 30.6 Å². The number of methoxy groups -OCH3 is 1. The van der Waals surface area contributed by atoms with Gasteiger partial charge in [0, 0.05) is 13.0 Å². The van der Waals surface area contributed by atoms with E-state index in [-0.39, 0.29) is 5.92 Å². The number of aliphatic hydroxyl groups is 2. The Hall–Kier alpha value is -3.10. The van der Waals surface area contributed by atoms with Crippen LogP contribution in [0, 0.1) is 0 Å². The highest BCUT2D eigenvalue weighted by Crippen LogP contribution is 2.67. The Labute approximate surface area is 189 Å². The molecule has 2 aromatic carbocycles. The van der Waals surface area contributed by atoms with Gasteiger partial charge in [-0.1, -0.05) is 42.5 Å². The fourth-order valence-electron chi connectivity index (χ4n) is 5.23. The molecule has 8 heteroatoms. The van der Waals surface area contributed by atoms with Crippen molar-refractivity contribution < 1.29 is 32.9 Å². The van der Waals surface area contributed by atoms with E-state index in [1.54, 1.807) is 0 Å². The lowest BCUT2D eigenvalue weighted by molar-refractivity contribution is -0.137. The first-order valence-corrected chi connectivity index (χ1v) is 10.4. The van der Waals surface area contributed by atoms with Crippen LogP contribution in [-0.4, -0.2) is 29.4 Å². The zero-order valence-corrected chi connectivity index (χ0v) is 18.1. The van der Waals surface area contributed by atoms with Gasteiger partial charge in [0.15, 0.2) is 5.60 Å². The van der Waals surface area contributed by atoms with E-state index in [0.29, 0.717) is 35.5 Å². The van der Waals surface area contributed by atoms with Crippen LogP contribution in [0.2, 0.25) is 0 Å². The molecule has 5 nitrogen and oxygen atoms in total. The minimum absolute atomic E-state index is 0.285. The summed E-state index contributed by atoms with van der Waals surface area (Å²) in [5.74, 6) is 0.484. The number of fused-ring (bicyclic) bond motifs is 3. The molecule has 0 radical (unpaired) electrons. The number of aliphatic hydroxyl groups excluding tert-OH is 1. The minimum atomic E-state index is -4.45. The van der Waals surface area contributed by atoms with Gasteiger partial charge in [0.2, 0.25) is 0 Å². The molecule has 2 heterocycles. The third-order valence-electron chi connectivity index (χ3n) is 6.52. The molecule has 0 bridgehead atoms. The molecule has 2 N–H and O–H groups in total. The molecule has 1 aromatic heterocycles. The molecule has 1 saturated carbocycles. The molecule has 3 aromatic rings. The number of hydrogen-bond acceptors (Lipinski definition) is 5. The highest BCUT2D eigenvalue weighted by atomic mass is 19.4. The monoisotopic (exact) mass is 459 g/mol. The van der Waals surface area contributed by atoms with Crippen LogP contribution >= 0.6 is 0 Å². The molecule has 174 valence electrons. The number of pyridine rings is 1. The molecule has 1 aliphatic heterocycles. The summed E-state index contributed by atoms with van der Waals surface area (Å²) < 4.78 is 51.5. The molecule has 2 aliphatic rings. The third-order valence-corrected chi connectivity index (χ3v) is 6.52. The summed E-state index contributed by atoms with van der Waals surface area (Å²) in [6, 6.07) is 14.5. The summed E-state index contributed by atoms with van der Waals surface area (Å²) in [4.78, 5) is 4.14. The summed E-state index contributed by atoms with van der Waals surface area (Å²) in [6.45, 7) is 0. The van der Waals surface area contributed by atoms with Crippen molar-refractivity contribution >= 4 is 0 Å². The summed E-state index contributed by atoms with van der Waals surface area (Å²) in [6.07, 6.45) is -0.470. The van der Waals surface area contributed by atoms with Crippen LogP contribution in [0.25, 0.3) is 0 Å². The average molecular weight is 459 g/mol. The summed E-state index contributed by atoms with van der Waals surface area (Å²) in [7, 11) is 2.49. The second-order valence-electron chi connectivity index (χ2n) is 7.99. The first kappa shape index (κ1) is 23.1. The van der Waals surface area contributed by atoms with Crippen molar-refractivity contribution in [1.82, 2.24) is 4.98 Å². The first-order valence-electron chi connectivity index (χ1n) is 10.4. The van der Waals surface area contributed by atoms with Gasteiger partial charge >= 0.3 is 6.18 Å². The second-order valence-corrected chi connectivity index (χ2v) is 7.99. The van der Waals surface area contributed by atoms with Gasteiger partial charge < -0.3 is 19.7 Å². The Morgan fingerprint density at radius 3 is 2.30 bits per heavy atom. The zero-order chi connectivity index (χ0) is 23.9. The number of nitrogens with zero attached hydrogens (tertiary/aromatic N) is 1. The highest BCUT2D eigenvalue weighted by Gasteiger charge is 2.69. The lowest BCUT2D eigenvalue weighted by Crippen LogP contribution is -2.48. The Morgan fingerprint density at radius 2 is 1.70 bits per heavy atom. The molecule has 1 fully saturated rings. The molecular formula is C25H24F3NO4. The van der Waals surface area contributed by atoms with E-state index in [1.807, 2.05) is 30.3 Å². The van der Waals surface area contributed by atoms with E-state index in [4.69, 9.17) is 14.6 Å². The molecule has 0 spiro atoms. The van der Waals surface area contributed by atoms with Crippen LogP contribution in [0.4, 0.5) is 13.2 Å². The predicted octanol–water partition coefficient (Wildman–Crippen LogP) is 4.77. The maximum Gasteiger partial charge on any atom is 0.416 e. The van der Waals surface area contributed by atoms with E-state index in [1.165, 1.54) is 31.6 Å². The van der Waals surface area contributed by atoms with Crippen LogP contribution < -0.4 is 9.47 Å². The van der Waals surface area contributed by atoms with Gasteiger partial charge in [-0.2, -0.15) is 13.2 Å². The fraction of sp³-hybridized carbons (Fsp3) is 0.320. The normalized spacial score (nSPS) is 25.4. The Kier molecular flexibility index (Phi) is 5.84. The zero-order valence-electron chi connectivity index (χ0n) is 18.1. The molecule has 3 unspecified atom stereocenters. The number of aromatic nitrogens is 1. The Balaban J connectivity index is 0.00000126. The van der Waals surface area contributed by atoms with Crippen LogP contribution in [0.1, 0.15) is 41.0 Å². The smallest absolute Gasteiger partial charge is 0.416 e. The van der Waals surface area contributed by atoms with Crippen molar-refractivity contribution in [3.63, 3.8) is 0 Å². The number of ether oxygens (including phenoxy) is 2. The van der Waals surface area contributed by atoms with Crippen molar-refractivity contribution in [3.8, 4) is 11.5 Å². The first-order chi connectivity index (χ1) is 15.8. The number of hydrogen-bond donors (Lipinski definition) is 2. The summed E-state index contributed by atoms with van der Waals surface area (Å²) >= 11 is 0. The lowest BCUT2D eigenvalue weighted by Gasteiger charge is -2.40. The number of benzene rings is 2. The quantitative estimate of drug-likeness (QED) is 0.591. The van der Waals surface area contributed by atoms with E-state index in [0.717, 1.165) is 24.8 Å². The standard InChI is InChI=1S/C24H20F3NO3.CH4O/c1-30-19-13-28-14-20-21(19)22(29)12-11-18(15-5-3-2-4-6-15)23(22,31-20)16-7-9-17(10-8-16)24(25,26)27;1-2/h2-10,13-14,18,29H,11-12H2,1H3;2H,1H3. The van der Waals surface area contributed by atoms with Gasteiger partial charge in [-0.15, -0.1) is 0 Å². The number of halogens is 3. The summed E-state index contributed by atoms with van der Waals surface area (Å²) in [5, 5.41) is 19.1. The van der Waals surface area contributed by atoms with Gasteiger partial charge in [0.1, 0.15) is 17.1 Å². The number of alkyl halides is 3. The van der Waals surface area contributed by atoms with Crippen LogP contribution in [0.5, 0.6) is 11.5 Å². The number of rotatable bonds is 3. The molecule has 3 atom stereocenters. The predicted molar refractivity (Wildman–Crippen MR) is 115 cm³/mol. The Morgan fingerprint density at radius 1 is 1.03 bits per heavy atom. The molecule has 0 saturated heterocycles. The molecular weight excluding hydrogens is 435 g/mol. The van der Waals surface area contributed by atoms with E-state index in [2.05, 4.69) is 4.98 Å². The summed E-state index contributed by atoms with van der Waals surface area (Å²) in [5.41, 5.74) is -1.64. The van der Waals surface area contributed by atoms with Crippen molar-refractivity contribution in [2.24, 2.45) is 0 Å². The maximum absolute atomic E-state index is 13.2. The van der Waals surface area contributed by atoms with Gasteiger partial charge in [-0.25, -0.2) is 0 Å². The second kappa shape index (κ2) is 8.35. The van der Waals surface area contributed by atoms with E-state index >= 15 is 0 Å². The molecule has 33 heavy (non-hydrogen) atoms. The van der Waals surface area contributed by atoms with Crippen LogP contribution in [0.15, 0.2) is 67.0 Å². The highest BCUT2D eigenvalue weighted by molar-refractivity contribution is 5.57. The van der Waals surface area contributed by atoms with Gasteiger partial charge in [0.25, 0.3) is 0 Å². The Bertz CT molecular complexity index is 1120. The van der Waals surface area contributed by atoms with Crippen LogP contribution in [0.3, 0.4) is 0 Å². The van der Waals surface area contributed by atoms with E-state index in [9.17, 15) is 18.3 Å². The van der Waals surface area contributed by atoms with Crippen molar-refractivity contribution in [2.45, 2.75) is 36.1 Å². The minimum Gasteiger partial charge on any atom is -0.495 e. The van der Waals surface area contributed by atoms with Crippen LogP contribution in [-0.2, 0) is 17.4 Å². The van der Waals surface area contributed by atoms with Gasteiger partial charge in [-0.3, -0.25) is 4.98 Å². The topological polar surface area (TPSA) is 71.8 Å². The fourth-order valence-corrected chi connectivity index (χ4v) is 5.23. The van der Waals surface area contributed by atoms with Gasteiger partial charge in [-0.05, 0) is 36.1 Å².